The van der Waals surface area contributed by atoms with Crippen LogP contribution in [0, 0.1) is 16.2 Å². The molecule has 115 valence electrons. The molecule has 2 aromatic rings. The maximum Gasteiger partial charge on any atom is 0.292 e. The number of nitro benzene ring substituents is 1. The fraction of sp³-hybridized carbons (Fsp3) is 0.158. The van der Waals surface area contributed by atoms with Crippen molar-refractivity contribution in [2.75, 3.05) is 5.32 Å². The number of nitro groups is 1. The summed E-state index contributed by atoms with van der Waals surface area (Å²) >= 11 is 0. The van der Waals surface area contributed by atoms with Crippen molar-refractivity contribution in [1.82, 2.24) is 0 Å². The molecule has 2 aromatic carbocycles. The van der Waals surface area contributed by atoms with E-state index in [1.807, 2.05) is 54.6 Å². The number of hydrogen-bond donors (Lipinski definition) is 1. The lowest BCUT2D eigenvalue weighted by Gasteiger charge is -2.15. The summed E-state index contributed by atoms with van der Waals surface area (Å²) in [7, 11) is 0. The van der Waals surface area contributed by atoms with Crippen molar-refractivity contribution in [3.63, 3.8) is 0 Å². The Morgan fingerprint density at radius 1 is 1.22 bits per heavy atom. The molecule has 23 heavy (non-hydrogen) atoms. The van der Waals surface area contributed by atoms with Crippen molar-refractivity contribution in [2.45, 2.75) is 18.9 Å². The summed E-state index contributed by atoms with van der Waals surface area (Å²) in [6.45, 7) is 0.553. The van der Waals surface area contributed by atoms with Crippen LogP contribution < -0.4 is 5.32 Å². The first kappa shape index (κ1) is 15.0. The van der Waals surface area contributed by atoms with E-state index in [0.717, 1.165) is 17.5 Å². The van der Waals surface area contributed by atoms with Crippen LogP contribution in [0.1, 0.15) is 23.5 Å². The Kier molecular flexibility index (Phi) is 4.52. The highest BCUT2D eigenvalue weighted by atomic mass is 16.6. The van der Waals surface area contributed by atoms with Gasteiger partial charge in [-0.2, -0.15) is 0 Å². The lowest BCUT2D eigenvalue weighted by molar-refractivity contribution is -0.384. The van der Waals surface area contributed by atoms with E-state index < -0.39 is 0 Å². The van der Waals surface area contributed by atoms with E-state index in [1.165, 1.54) is 0 Å². The summed E-state index contributed by atoms with van der Waals surface area (Å²) in [4.78, 5) is 10.9. The van der Waals surface area contributed by atoms with Crippen LogP contribution in [0.2, 0.25) is 0 Å². The highest BCUT2D eigenvalue weighted by Gasteiger charge is 2.17. The van der Waals surface area contributed by atoms with Gasteiger partial charge in [-0.1, -0.05) is 54.6 Å². The van der Waals surface area contributed by atoms with Crippen molar-refractivity contribution in [1.29, 1.82) is 0 Å². The van der Waals surface area contributed by atoms with Crippen LogP contribution in [0.15, 0.2) is 66.8 Å². The van der Waals surface area contributed by atoms with Crippen molar-refractivity contribution >= 4 is 11.4 Å². The maximum absolute atomic E-state index is 11.3. The summed E-state index contributed by atoms with van der Waals surface area (Å²) in [6.07, 6.45) is 9.94. The normalized spacial score (nSPS) is 16.3. The molecule has 4 heteroatoms. The number of hydrogen-bond acceptors (Lipinski definition) is 3. The van der Waals surface area contributed by atoms with E-state index in [2.05, 4.69) is 17.5 Å². The van der Waals surface area contributed by atoms with E-state index in [-0.39, 0.29) is 16.5 Å². The van der Waals surface area contributed by atoms with Crippen LogP contribution in [0.25, 0.3) is 0 Å². The molecule has 0 heterocycles. The summed E-state index contributed by atoms with van der Waals surface area (Å²) in [5.74, 6) is 0.220. The van der Waals surface area contributed by atoms with Crippen LogP contribution in [0.5, 0.6) is 0 Å². The second-order valence-corrected chi connectivity index (χ2v) is 5.45. The van der Waals surface area contributed by atoms with Gasteiger partial charge in [0, 0.05) is 18.5 Å². The smallest absolute Gasteiger partial charge is 0.292 e. The van der Waals surface area contributed by atoms with Crippen molar-refractivity contribution in [3.05, 3.63) is 94.1 Å². The van der Waals surface area contributed by atoms with Crippen molar-refractivity contribution in [2.24, 2.45) is 0 Å². The molecule has 4 nitrogen and oxygen atoms in total. The average Bonchev–Trinajstić information content (AvgIpc) is 2.61. The standard InChI is InChI=1S/C19H17N2O2/c22-21(23)19-12-11-17(16-9-5-2-6-10-16)13-18(19)20-14-15-7-3-1-4-8-15/h1-5,7-8,10-13,16,20H,9,14H2. The van der Waals surface area contributed by atoms with Crippen molar-refractivity contribution in [3.8, 4) is 0 Å². The average molecular weight is 305 g/mol. The monoisotopic (exact) mass is 305 g/mol. The summed E-state index contributed by atoms with van der Waals surface area (Å²) in [5, 5.41) is 14.5. The molecule has 3 rings (SSSR count). The van der Waals surface area contributed by atoms with Crippen LogP contribution in [-0.4, -0.2) is 4.92 Å². The molecule has 0 amide bonds. The van der Waals surface area contributed by atoms with Crippen LogP contribution >= 0.6 is 0 Å². The lowest BCUT2D eigenvalue weighted by atomic mass is 9.92. The van der Waals surface area contributed by atoms with E-state index >= 15 is 0 Å². The van der Waals surface area contributed by atoms with Crippen LogP contribution in [0.4, 0.5) is 11.4 Å². The van der Waals surface area contributed by atoms with Gasteiger partial charge in [0.1, 0.15) is 5.69 Å². The largest absolute Gasteiger partial charge is 0.375 e. The zero-order valence-corrected chi connectivity index (χ0v) is 12.6. The molecule has 0 spiro atoms. The second-order valence-electron chi connectivity index (χ2n) is 5.45. The molecule has 1 aliphatic rings. The molecular formula is C19H17N2O2. The fourth-order valence-electron chi connectivity index (χ4n) is 2.63. The summed E-state index contributed by atoms with van der Waals surface area (Å²) in [5.41, 5.74) is 2.80. The first-order valence-electron chi connectivity index (χ1n) is 7.54. The van der Waals surface area contributed by atoms with Crippen LogP contribution in [0.3, 0.4) is 0 Å². The van der Waals surface area contributed by atoms with Gasteiger partial charge in [0.2, 0.25) is 0 Å². The van der Waals surface area contributed by atoms with Gasteiger partial charge >= 0.3 is 0 Å². The molecule has 1 atom stereocenters. The molecule has 0 aromatic heterocycles. The number of anilines is 1. The Labute approximate surface area is 135 Å². The zero-order chi connectivity index (χ0) is 16.1. The Morgan fingerprint density at radius 2 is 2.04 bits per heavy atom. The number of rotatable bonds is 5. The zero-order valence-electron chi connectivity index (χ0n) is 12.6. The molecular weight excluding hydrogens is 288 g/mol. The van der Waals surface area contributed by atoms with Gasteiger partial charge in [-0.3, -0.25) is 10.1 Å². The highest BCUT2D eigenvalue weighted by Crippen LogP contribution is 2.32. The maximum atomic E-state index is 11.3. The van der Waals surface area contributed by atoms with Gasteiger partial charge in [0.15, 0.2) is 0 Å². The molecule has 0 aliphatic heterocycles. The lowest BCUT2D eigenvalue weighted by Crippen LogP contribution is -2.05. The van der Waals surface area contributed by atoms with E-state index in [0.29, 0.717) is 12.2 Å². The topological polar surface area (TPSA) is 55.2 Å². The first-order valence-corrected chi connectivity index (χ1v) is 7.54. The Balaban J connectivity index is 1.84. The number of nitrogens with one attached hydrogen (secondary N) is 1. The number of benzene rings is 2. The highest BCUT2D eigenvalue weighted by molar-refractivity contribution is 5.63. The third-order valence-corrected chi connectivity index (χ3v) is 3.87. The molecule has 0 saturated carbocycles. The van der Waals surface area contributed by atoms with Crippen LogP contribution in [-0.2, 0) is 6.54 Å². The molecule has 0 bridgehead atoms. The van der Waals surface area contributed by atoms with Gasteiger partial charge in [-0.25, -0.2) is 0 Å². The predicted octanol–water partition coefficient (Wildman–Crippen LogP) is 4.61. The minimum Gasteiger partial charge on any atom is -0.375 e. The third kappa shape index (κ3) is 3.66. The molecule has 1 radical (unpaired) electrons. The Bertz CT molecular complexity index is 751. The Hall–Kier alpha value is -2.88. The minimum atomic E-state index is -0.347. The van der Waals surface area contributed by atoms with Gasteiger partial charge in [0.05, 0.1) is 4.92 Å². The first-order chi connectivity index (χ1) is 11.2. The predicted molar refractivity (Wildman–Crippen MR) is 91.2 cm³/mol. The minimum absolute atomic E-state index is 0.101. The van der Waals surface area contributed by atoms with E-state index in [4.69, 9.17) is 0 Å². The SMILES string of the molecule is O=[N+]([O-])c1ccc(C2C=[C]C=CC2)cc1NCc1ccccc1. The van der Waals surface area contributed by atoms with E-state index in [1.54, 1.807) is 6.07 Å². The quantitative estimate of drug-likeness (QED) is 0.648. The molecule has 1 N–H and O–H groups in total. The number of nitrogens with zero attached hydrogens (tertiary/aromatic N) is 1. The molecule has 1 aliphatic carbocycles. The molecule has 0 fully saturated rings. The third-order valence-electron chi connectivity index (χ3n) is 3.87. The van der Waals surface area contributed by atoms with Gasteiger partial charge < -0.3 is 5.32 Å². The van der Waals surface area contributed by atoms with Gasteiger partial charge in [-0.15, -0.1) is 0 Å². The molecule has 0 saturated heterocycles. The summed E-state index contributed by atoms with van der Waals surface area (Å²) < 4.78 is 0. The second kappa shape index (κ2) is 6.92. The van der Waals surface area contributed by atoms with Gasteiger partial charge in [0.25, 0.3) is 5.69 Å². The van der Waals surface area contributed by atoms with Crippen molar-refractivity contribution < 1.29 is 4.92 Å². The van der Waals surface area contributed by atoms with E-state index in [9.17, 15) is 10.1 Å². The number of allylic oxidation sites excluding steroid dienone is 4. The fourth-order valence-corrected chi connectivity index (χ4v) is 2.63. The molecule has 1 unspecified atom stereocenters. The van der Waals surface area contributed by atoms with Gasteiger partial charge in [-0.05, 0) is 29.7 Å². The Morgan fingerprint density at radius 3 is 2.74 bits per heavy atom. The summed E-state index contributed by atoms with van der Waals surface area (Å²) in [6, 6.07) is 15.1.